The largest absolute Gasteiger partial charge is 0.439 e. The first-order valence-corrected chi connectivity index (χ1v) is 6.05. The zero-order chi connectivity index (χ0) is 13.8. The van der Waals surface area contributed by atoms with Gasteiger partial charge in [0.05, 0.1) is 6.61 Å². The maximum absolute atomic E-state index is 11.6. The molecule has 0 radical (unpaired) electrons. The van der Waals surface area contributed by atoms with Gasteiger partial charge in [0.25, 0.3) is 0 Å². The molecule has 5 heteroatoms. The number of aliphatic hydroxyl groups is 1. The molecule has 0 spiro atoms. The smallest absolute Gasteiger partial charge is 0.408 e. The number of carbonyl (C=O) groups excluding carboxylic acids is 1. The van der Waals surface area contributed by atoms with Crippen LogP contribution >= 0.6 is 11.6 Å². The molecule has 1 amide bonds. The number of halogens is 1. The second kappa shape index (κ2) is 6.07. The molecule has 0 aromatic heterocycles. The van der Waals surface area contributed by atoms with Gasteiger partial charge in [0, 0.05) is 10.6 Å². The van der Waals surface area contributed by atoms with Gasteiger partial charge in [-0.15, -0.1) is 0 Å². The van der Waals surface area contributed by atoms with Crippen molar-refractivity contribution in [2.24, 2.45) is 0 Å². The highest BCUT2D eigenvalue weighted by Crippen LogP contribution is 2.20. The Kier molecular flexibility index (Phi) is 4.99. The Labute approximate surface area is 112 Å². The minimum atomic E-state index is -0.717. The molecule has 0 aliphatic heterocycles. The Morgan fingerprint density at radius 3 is 2.67 bits per heavy atom. The maximum Gasteiger partial charge on any atom is 0.408 e. The SMILES string of the molecule is CC(C)(C)NC(=O)O[C@H](CO)c1cccc(Cl)c1. The number of ether oxygens (including phenoxy) is 1. The maximum atomic E-state index is 11.6. The quantitative estimate of drug-likeness (QED) is 0.889. The number of carbonyl (C=O) groups is 1. The van der Waals surface area contributed by atoms with Crippen molar-refractivity contribution in [2.75, 3.05) is 6.61 Å². The van der Waals surface area contributed by atoms with E-state index in [1.54, 1.807) is 24.3 Å². The zero-order valence-corrected chi connectivity index (χ0v) is 11.5. The molecule has 0 aliphatic carbocycles. The number of hydrogen-bond acceptors (Lipinski definition) is 3. The minimum absolute atomic E-state index is 0.294. The summed E-state index contributed by atoms with van der Waals surface area (Å²) in [7, 11) is 0. The molecular weight excluding hydrogens is 254 g/mol. The third-order valence-electron chi connectivity index (χ3n) is 2.11. The van der Waals surface area contributed by atoms with E-state index >= 15 is 0 Å². The Balaban J connectivity index is 2.71. The van der Waals surface area contributed by atoms with E-state index in [0.717, 1.165) is 0 Å². The standard InChI is InChI=1S/C13H18ClNO3/c1-13(2,3)15-12(17)18-11(8-16)9-5-4-6-10(14)7-9/h4-7,11,16H,8H2,1-3H3,(H,15,17)/t11-/m1/s1. The lowest BCUT2D eigenvalue weighted by Crippen LogP contribution is -2.41. The van der Waals surface area contributed by atoms with Crippen molar-refractivity contribution in [3.63, 3.8) is 0 Å². The van der Waals surface area contributed by atoms with Gasteiger partial charge in [-0.25, -0.2) is 4.79 Å². The van der Waals surface area contributed by atoms with Crippen LogP contribution in [0.2, 0.25) is 5.02 Å². The van der Waals surface area contributed by atoms with Gasteiger partial charge >= 0.3 is 6.09 Å². The van der Waals surface area contributed by atoms with E-state index in [-0.39, 0.29) is 12.1 Å². The average molecular weight is 272 g/mol. The molecule has 0 aliphatic rings. The van der Waals surface area contributed by atoms with Crippen molar-refractivity contribution in [1.82, 2.24) is 5.32 Å². The van der Waals surface area contributed by atoms with Gasteiger partial charge in [-0.1, -0.05) is 23.7 Å². The van der Waals surface area contributed by atoms with E-state index in [1.165, 1.54) is 0 Å². The number of rotatable bonds is 3. The predicted molar refractivity (Wildman–Crippen MR) is 70.6 cm³/mol. The summed E-state index contributed by atoms with van der Waals surface area (Å²) >= 11 is 5.85. The van der Waals surface area contributed by atoms with Crippen LogP contribution in [-0.2, 0) is 4.74 Å². The number of alkyl carbamates (subject to hydrolysis) is 1. The minimum Gasteiger partial charge on any atom is -0.439 e. The van der Waals surface area contributed by atoms with E-state index in [0.29, 0.717) is 10.6 Å². The third-order valence-corrected chi connectivity index (χ3v) is 2.35. The van der Waals surface area contributed by atoms with Crippen LogP contribution in [-0.4, -0.2) is 23.3 Å². The second-order valence-corrected chi connectivity index (χ2v) is 5.44. The first-order chi connectivity index (χ1) is 8.31. The summed E-state index contributed by atoms with van der Waals surface area (Å²) in [6.07, 6.45) is -1.28. The van der Waals surface area contributed by atoms with Gasteiger partial charge in [-0.05, 0) is 38.5 Å². The first kappa shape index (κ1) is 14.8. The van der Waals surface area contributed by atoms with Crippen LogP contribution in [0.5, 0.6) is 0 Å². The molecule has 0 unspecified atom stereocenters. The van der Waals surface area contributed by atoms with Crippen molar-refractivity contribution in [3.8, 4) is 0 Å². The Morgan fingerprint density at radius 2 is 2.17 bits per heavy atom. The summed E-state index contributed by atoms with van der Waals surface area (Å²) in [4.78, 5) is 11.6. The molecule has 1 aromatic rings. The van der Waals surface area contributed by atoms with Crippen molar-refractivity contribution in [3.05, 3.63) is 34.9 Å². The molecule has 1 aromatic carbocycles. The molecule has 0 saturated heterocycles. The van der Waals surface area contributed by atoms with Crippen molar-refractivity contribution in [2.45, 2.75) is 32.4 Å². The molecular formula is C13H18ClNO3. The van der Waals surface area contributed by atoms with Crippen LogP contribution in [0.15, 0.2) is 24.3 Å². The van der Waals surface area contributed by atoms with E-state index in [4.69, 9.17) is 16.3 Å². The zero-order valence-electron chi connectivity index (χ0n) is 10.7. The Morgan fingerprint density at radius 1 is 1.50 bits per heavy atom. The lowest BCUT2D eigenvalue weighted by molar-refractivity contribution is 0.0530. The number of amides is 1. The van der Waals surface area contributed by atoms with Gasteiger partial charge in [0.2, 0.25) is 0 Å². The topological polar surface area (TPSA) is 58.6 Å². The Hall–Kier alpha value is -1.26. The number of benzene rings is 1. The summed E-state index contributed by atoms with van der Waals surface area (Å²) in [6.45, 7) is 5.25. The monoisotopic (exact) mass is 271 g/mol. The summed E-state index contributed by atoms with van der Waals surface area (Å²) in [5.74, 6) is 0. The fraction of sp³-hybridized carbons (Fsp3) is 0.462. The molecule has 0 bridgehead atoms. The molecule has 2 N–H and O–H groups in total. The normalized spacial score (nSPS) is 12.9. The fourth-order valence-corrected chi connectivity index (χ4v) is 1.58. The highest BCUT2D eigenvalue weighted by atomic mass is 35.5. The second-order valence-electron chi connectivity index (χ2n) is 5.01. The van der Waals surface area contributed by atoms with Crippen LogP contribution in [0, 0.1) is 0 Å². The fourth-order valence-electron chi connectivity index (χ4n) is 1.38. The molecule has 100 valence electrons. The van der Waals surface area contributed by atoms with Gasteiger partial charge < -0.3 is 15.2 Å². The number of hydrogen-bond donors (Lipinski definition) is 2. The van der Waals surface area contributed by atoms with E-state index in [9.17, 15) is 9.90 Å². The van der Waals surface area contributed by atoms with Crippen molar-refractivity contribution in [1.29, 1.82) is 0 Å². The summed E-state index contributed by atoms with van der Waals surface area (Å²) in [5, 5.41) is 12.5. The highest BCUT2D eigenvalue weighted by Gasteiger charge is 2.20. The molecule has 4 nitrogen and oxygen atoms in total. The lowest BCUT2D eigenvalue weighted by atomic mass is 10.1. The lowest BCUT2D eigenvalue weighted by Gasteiger charge is -2.23. The first-order valence-electron chi connectivity index (χ1n) is 5.67. The number of nitrogens with one attached hydrogen (secondary N) is 1. The van der Waals surface area contributed by atoms with E-state index in [1.807, 2.05) is 20.8 Å². The van der Waals surface area contributed by atoms with Crippen LogP contribution in [0.4, 0.5) is 4.79 Å². The van der Waals surface area contributed by atoms with Crippen molar-refractivity contribution < 1.29 is 14.6 Å². The molecule has 18 heavy (non-hydrogen) atoms. The van der Waals surface area contributed by atoms with Crippen molar-refractivity contribution >= 4 is 17.7 Å². The average Bonchev–Trinajstić information content (AvgIpc) is 2.23. The molecule has 0 fully saturated rings. The Bertz CT molecular complexity index is 415. The molecule has 0 saturated carbocycles. The summed E-state index contributed by atoms with van der Waals surface area (Å²) in [5.41, 5.74) is 0.278. The van der Waals surface area contributed by atoms with Gasteiger partial charge in [0.15, 0.2) is 6.10 Å². The van der Waals surface area contributed by atoms with E-state index in [2.05, 4.69) is 5.32 Å². The van der Waals surface area contributed by atoms with Crippen LogP contribution in [0.1, 0.15) is 32.4 Å². The molecule has 0 heterocycles. The van der Waals surface area contributed by atoms with Crippen LogP contribution < -0.4 is 5.32 Å². The van der Waals surface area contributed by atoms with Gasteiger partial charge in [-0.3, -0.25) is 0 Å². The third kappa shape index (κ3) is 4.94. The number of aliphatic hydroxyl groups excluding tert-OH is 1. The molecule has 1 atom stereocenters. The van der Waals surface area contributed by atoms with Gasteiger partial charge in [0.1, 0.15) is 0 Å². The van der Waals surface area contributed by atoms with Crippen LogP contribution in [0.25, 0.3) is 0 Å². The summed E-state index contributed by atoms with van der Waals surface area (Å²) < 4.78 is 5.16. The van der Waals surface area contributed by atoms with Crippen LogP contribution in [0.3, 0.4) is 0 Å². The molecule has 1 rings (SSSR count). The van der Waals surface area contributed by atoms with Gasteiger partial charge in [-0.2, -0.15) is 0 Å². The summed E-state index contributed by atoms with van der Waals surface area (Å²) in [6, 6.07) is 6.87. The highest BCUT2D eigenvalue weighted by molar-refractivity contribution is 6.30. The van der Waals surface area contributed by atoms with E-state index < -0.39 is 12.2 Å². The predicted octanol–water partition coefficient (Wildman–Crippen LogP) is 2.90.